The van der Waals surface area contributed by atoms with Gasteiger partial charge in [0.2, 0.25) is 5.90 Å². The van der Waals surface area contributed by atoms with Crippen LogP contribution in [-0.2, 0) is 9.53 Å². The number of ether oxygens (including phenoxy) is 1. The molecule has 0 saturated heterocycles. The van der Waals surface area contributed by atoms with Crippen molar-refractivity contribution in [1.82, 2.24) is 0 Å². The molecule has 1 aromatic heterocycles. The number of benzene rings is 1. The molecule has 106 valence electrons. The zero-order chi connectivity index (χ0) is 15.0. The van der Waals surface area contributed by atoms with Crippen molar-refractivity contribution < 1.29 is 13.9 Å². The number of furan rings is 1. The van der Waals surface area contributed by atoms with Crippen molar-refractivity contribution in [2.75, 3.05) is 0 Å². The second kappa shape index (κ2) is 5.39. The van der Waals surface area contributed by atoms with E-state index in [0.717, 1.165) is 5.76 Å². The Kier molecular flexibility index (Phi) is 3.57. The number of aliphatic imine (C=N–C) groups is 1. The fourth-order valence-corrected chi connectivity index (χ4v) is 2.34. The van der Waals surface area contributed by atoms with Crippen LogP contribution >= 0.6 is 23.2 Å². The average molecular weight is 322 g/mol. The molecule has 4 nitrogen and oxygen atoms in total. The fourth-order valence-electron chi connectivity index (χ4n) is 1.85. The number of esters is 1. The predicted octanol–water partition coefficient (Wildman–Crippen LogP) is 4.24. The molecule has 0 aliphatic carbocycles. The number of rotatable bonds is 2. The third kappa shape index (κ3) is 2.86. The van der Waals surface area contributed by atoms with E-state index in [2.05, 4.69) is 4.99 Å². The summed E-state index contributed by atoms with van der Waals surface area (Å²) in [5.74, 6) is 0.881. The van der Waals surface area contributed by atoms with Gasteiger partial charge in [0.15, 0.2) is 5.70 Å². The number of nitrogens with zero attached hydrogens (tertiary/aromatic N) is 1. The van der Waals surface area contributed by atoms with E-state index in [4.69, 9.17) is 32.4 Å². The number of carbonyl (C=O) groups is 1. The SMILES string of the molecule is Cc1ccc(/C=C2\N=C(c3ccc(Cl)cc3Cl)OC2=O)o1. The Balaban J connectivity index is 1.97. The third-order valence-electron chi connectivity index (χ3n) is 2.82. The lowest BCUT2D eigenvalue weighted by Gasteiger charge is -2.02. The highest BCUT2D eigenvalue weighted by atomic mass is 35.5. The van der Waals surface area contributed by atoms with E-state index in [0.29, 0.717) is 21.4 Å². The van der Waals surface area contributed by atoms with Gasteiger partial charge in [0.25, 0.3) is 0 Å². The number of carbonyl (C=O) groups excluding carboxylic acids is 1. The van der Waals surface area contributed by atoms with Crippen molar-refractivity contribution in [1.29, 1.82) is 0 Å². The van der Waals surface area contributed by atoms with Gasteiger partial charge in [-0.1, -0.05) is 23.2 Å². The van der Waals surface area contributed by atoms with Crippen LogP contribution in [0.25, 0.3) is 6.08 Å². The smallest absolute Gasteiger partial charge is 0.363 e. The largest absolute Gasteiger partial charge is 0.462 e. The molecule has 0 N–H and O–H groups in total. The van der Waals surface area contributed by atoms with Gasteiger partial charge in [-0.2, -0.15) is 0 Å². The van der Waals surface area contributed by atoms with Crippen molar-refractivity contribution in [2.24, 2.45) is 4.99 Å². The highest BCUT2D eigenvalue weighted by Gasteiger charge is 2.26. The van der Waals surface area contributed by atoms with Crippen molar-refractivity contribution >= 4 is 41.1 Å². The van der Waals surface area contributed by atoms with Crippen LogP contribution < -0.4 is 0 Å². The fraction of sp³-hybridized carbons (Fsp3) is 0.0667. The normalized spacial score (nSPS) is 16.2. The van der Waals surface area contributed by atoms with Crippen molar-refractivity contribution in [3.05, 3.63) is 63.2 Å². The molecule has 0 amide bonds. The van der Waals surface area contributed by atoms with Gasteiger partial charge in [-0.3, -0.25) is 0 Å². The lowest BCUT2D eigenvalue weighted by Crippen LogP contribution is -2.05. The highest BCUT2D eigenvalue weighted by Crippen LogP contribution is 2.26. The van der Waals surface area contributed by atoms with Gasteiger partial charge in [-0.25, -0.2) is 9.79 Å². The maximum absolute atomic E-state index is 11.8. The van der Waals surface area contributed by atoms with Crippen LogP contribution in [-0.4, -0.2) is 11.9 Å². The Labute approximate surface area is 130 Å². The molecule has 0 fully saturated rings. The van der Waals surface area contributed by atoms with E-state index in [9.17, 15) is 4.79 Å². The lowest BCUT2D eigenvalue weighted by molar-refractivity contribution is -0.129. The molecular formula is C15H9Cl2NO3. The second-order valence-electron chi connectivity index (χ2n) is 4.41. The molecule has 2 heterocycles. The van der Waals surface area contributed by atoms with Gasteiger partial charge in [0, 0.05) is 11.1 Å². The molecule has 1 aliphatic rings. The first-order chi connectivity index (χ1) is 10.0. The molecular weight excluding hydrogens is 313 g/mol. The maximum atomic E-state index is 11.8. The van der Waals surface area contributed by atoms with Crippen molar-refractivity contribution in [3.63, 3.8) is 0 Å². The molecule has 2 aromatic rings. The molecule has 3 rings (SSSR count). The molecule has 6 heteroatoms. The Morgan fingerprint density at radius 3 is 2.67 bits per heavy atom. The summed E-state index contributed by atoms with van der Waals surface area (Å²) in [4.78, 5) is 16.0. The Hall–Kier alpha value is -2.04. The topological polar surface area (TPSA) is 51.8 Å². The van der Waals surface area contributed by atoms with Crippen molar-refractivity contribution in [2.45, 2.75) is 6.92 Å². The summed E-state index contributed by atoms with van der Waals surface area (Å²) >= 11 is 11.9. The van der Waals surface area contributed by atoms with Crippen LogP contribution in [0.2, 0.25) is 10.0 Å². The van der Waals surface area contributed by atoms with E-state index in [-0.39, 0.29) is 11.6 Å². The van der Waals surface area contributed by atoms with Gasteiger partial charge in [-0.05, 0) is 37.3 Å². The monoisotopic (exact) mass is 321 g/mol. The van der Waals surface area contributed by atoms with Crippen LogP contribution in [0.1, 0.15) is 17.1 Å². The minimum absolute atomic E-state index is 0.149. The quantitative estimate of drug-likeness (QED) is 0.614. The van der Waals surface area contributed by atoms with Crippen molar-refractivity contribution in [3.8, 4) is 0 Å². The predicted molar refractivity (Wildman–Crippen MR) is 80.5 cm³/mol. The van der Waals surface area contributed by atoms with Crippen LogP contribution in [0.15, 0.2) is 45.4 Å². The maximum Gasteiger partial charge on any atom is 0.363 e. The van der Waals surface area contributed by atoms with Gasteiger partial charge < -0.3 is 9.15 Å². The minimum atomic E-state index is -0.551. The van der Waals surface area contributed by atoms with Gasteiger partial charge in [0.1, 0.15) is 11.5 Å². The van der Waals surface area contributed by atoms with Crippen LogP contribution in [0.4, 0.5) is 0 Å². The number of hydrogen-bond donors (Lipinski definition) is 0. The molecule has 1 aliphatic heterocycles. The summed E-state index contributed by atoms with van der Waals surface area (Å²) in [7, 11) is 0. The molecule has 0 saturated carbocycles. The Bertz CT molecular complexity index is 790. The minimum Gasteiger partial charge on any atom is -0.462 e. The van der Waals surface area contributed by atoms with E-state index in [1.807, 2.05) is 6.92 Å². The first-order valence-corrected chi connectivity index (χ1v) is 6.83. The number of aryl methyl sites for hydroxylation is 1. The van der Waals surface area contributed by atoms with Gasteiger partial charge in [-0.15, -0.1) is 0 Å². The van der Waals surface area contributed by atoms with E-state index in [1.54, 1.807) is 30.3 Å². The van der Waals surface area contributed by atoms with E-state index < -0.39 is 5.97 Å². The van der Waals surface area contributed by atoms with Crippen LogP contribution in [0.3, 0.4) is 0 Å². The van der Waals surface area contributed by atoms with E-state index in [1.165, 1.54) is 6.08 Å². The first-order valence-electron chi connectivity index (χ1n) is 6.07. The molecule has 1 aromatic carbocycles. The molecule has 21 heavy (non-hydrogen) atoms. The number of hydrogen-bond acceptors (Lipinski definition) is 4. The Morgan fingerprint density at radius 2 is 2.00 bits per heavy atom. The number of halogens is 2. The van der Waals surface area contributed by atoms with Gasteiger partial charge in [0.05, 0.1) is 10.6 Å². The molecule has 0 atom stereocenters. The standard InChI is InChI=1S/C15H9Cl2NO3/c1-8-2-4-10(20-8)7-13-15(19)21-14(18-13)11-5-3-9(16)6-12(11)17/h2-7H,1H3/b13-7-. The lowest BCUT2D eigenvalue weighted by atomic mass is 10.2. The molecule has 0 spiro atoms. The summed E-state index contributed by atoms with van der Waals surface area (Å²) in [5.41, 5.74) is 0.666. The average Bonchev–Trinajstić information content (AvgIpc) is 2.97. The second-order valence-corrected chi connectivity index (χ2v) is 5.25. The highest BCUT2D eigenvalue weighted by molar-refractivity contribution is 6.37. The van der Waals surface area contributed by atoms with E-state index >= 15 is 0 Å². The zero-order valence-corrected chi connectivity index (χ0v) is 12.4. The van der Waals surface area contributed by atoms with Crippen LogP contribution in [0.5, 0.6) is 0 Å². The van der Waals surface area contributed by atoms with Crippen LogP contribution in [0, 0.1) is 6.92 Å². The number of cyclic esters (lactones) is 1. The Morgan fingerprint density at radius 1 is 1.19 bits per heavy atom. The summed E-state index contributed by atoms with van der Waals surface area (Å²) in [5, 5.41) is 0.861. The third-order valence-corrected chi connectivity index (χ3v) is 3.37. The molecule has 0 unspecified atom stereocenters. The summed E-state index contributed by atoms with van der Waals surface area (Å²) < 4.78 is 10.5. The zero-order valence-electron chi connectivity index (χ0n) is 10.9. The summed E-state index contributed by atoms with van der Waals surface area (Å²) in [6.07, 6.45) is 1.52. The van der Waals surface area contributed by atoms with Gasteiger partial charge >= 0.3 is 5.97 Å². The summed E-state index contributed by atoms with van der Waals surface area (Å²) in [6.45, 7) is 1.82. The molecule has 0 radical (unpaired) electrons. The summed E-state index contributed by atoms with van der Waals surface area (Å²) in [6, 6.07) is 8.41. The first kappa shape index (κ1) is 13.9. The molecule has 0 bridgehead atoms.